The summed E-state index contributed by atoms with van der Waals surface area (Å²) in [6.45, 7) is 4.10. The van der Waals surface area contributed by atoms with Gasteiger partial charge in [0.05, 0.1) is 16.7 Å². The number of cyclic esters (lactones) is 4. The van der Waals surface area contributed by atoms with Crippen LogP contribution in [0.2, 0.25) is 0 Å². The van der Waals surface area contributed by atoms with Gasteiger partial charge in [-0.1, -0.05) is 24.8 Å². The maximum absolute atomic E-state index is 12.4. The lowest BCUT2D eigenvalue weighted by atomic mass is 9.96. The number of allylic oxidation sites excluding steroid dienone is 3. The molecule has 0 N–H and O–H groups in total. The minimum atomic E-state index is -0.760. The first-order valence-corrected chi connectivity index (χ1v) is 9.08. The quantitative estimate of drug-likeness (QED) is 0.373. The van der Waals surface area contributed by atoms with Gasteiger partial charge in [-0.3, -0.25) is 0 Å². The lowest BCUT2D eigenvalue weighted by Crippen LogP contribution is -2.45. The van der Waals surface area contributed by atoms with Crippen LogP contribution in [0.3, 0.4) is 0 Å². The van der Waals surface area contributed by atoms with Crippen molar-refractivity contribution in [2.75, 3.05) is 4.90 Å². The molecule has 4 heterocycles. The summed E-state index contributed by atoms with van der Waals surface area (Å²) in [6, 6.07) is 2.83. The van der Waals surface area contributed by atoms with Crippen molar-refractivity contribution >= 4 is 41.0 Å². The van der Waals surface area contributed by atoms with Crippen LogP contribution in [0.4, 0.5) is 11.4 Å². The van der Waals surface area contributed by atoms with E-state index in [0.717, 1.165) is 5.71 Å². The number of esters is 4. The van der Waals surface area contributed by atoms with Crippen LogP contribution in [-0.2, 0) is 19.1 Å². The molecule has 8 heteroatoms. The molecule has 1 atom stereocenters. The number of ether oxygens (including phenoxy) is 2. The van der Waals surface area contributed by atoms with Gasteiger partial charge in [-0.15, -0.1) is 0 Å². The van der Waals surface area contributed by atoms with E-state index >= 15 is 0 Å². The van der Waals surface area contributed by atoms with Gasteiger partial charge in [-0.2, -0.15) is 4.58 Å². The second-order valence-electron chi connectivity index (χ2n) is 7.19. The Morgan fingerprint density at radius 2 is 1.60 bits per heavy atom. The van der Waals surface area contributed by atoms with E-state index in [-0.39, 0.29) is 28.3 Å². The first-order valence-electron chi connectivity index (χ1n) is 9.08. The van der Waals surface area contributed by atoms with Gasteiger partial charge >= 0.3 is 23.9 Å². The highest BCUT2D eigenvalue weighted by Crippen LogP contribution is 2.44. The number of anilines is 1. The molecule has 1 fully saturated rings. The van der Waals surface area contributed by atoms with E-state index in [1.54, 1.807) is 16.7 Å². The second kappa shape index (κ2) is 5.38. The molecule has 1 aromatic rings. The Balaban J connectivity index is 1.74. The molecule has 4 aliphatic heterocycles. The van der Waals surface area contributed by atoms with Crippen LogP contribution in [0.25, 0.3) is 0 Å². The predicted molar refractivity (Wildman–Crippen MR) is 102 cm³/mol. The van der Waals surface area contributed by atoms with E-state index in [1.165, 1.54) is 12.3 Å². The van der Waals surface area contributed by atoms with Crippen molar-refractivity contribution in [3.8, 4) is 0 Å². The molecular weight excluding hydrogens is 388 g/mol. The third-order valence-electron chi connectivity index (χ3n) is 5.58. The summed E-state index contributed by atoms with van der Waals surface area (Å²) in [5.74, 6) is -2.96. The van der Waals surface area contributed by atoms with Crippen LogP contribution in [0.5, 0.6) is 0 Å². The number of carbonyl (C=O) groups is 4. The number of hydrogen-bond donors (Lipinski definition) is 0. The predicted octanol–water partition coefficient (Wildman–Crippen LogP) is 1.82. The number of benzene rings is 1. The average molecular weight is 399 g/mol. The van der Waals surface area contributed by atoms with Crippen LogP contribution in [0, 0.1) is 0 Å². The molecule has 5 aliphatic rings. The van der Waals surface area contributed by atoms with Gasteiger partial charge < -0.3 is 14.4 Å². The highest BCUT2D eigenvalue weighted by molar-refractivity contribution is 6.19. The SMILES string of the molecule is C=C1C=C2C(=O)OC(=O)C2=C[N+]2=C3C=CC=CC3N1c1cc3c(cc12)C(=O)OC3=O. The molecule has 1 aromatic carbocycles. The molecule has 1 aliphatic carbocycles. The van der Waals surface area contributed by atoms with Crippen molar-refractivity contribution < 1.29 is 33.2 Å². The molecule has 0 saturated carbocycles. The molecule has 0 amide bonds. The second-order valence-corrected chi connectivity index (χ2v) is 7.19. The molecule has 0 radical (unpaired) electrons. The minimum absolute atomic E-state index is 0.0872. The maximum atomic E-state index is 12.4. The standard InChI is InChI=1S/C22H11N2O6/c1-10-6-11-14(22(28)30-19(11)25)9-23-15-4-2-3-5-16(15)24(10)18-8-13-12(7-17(18)23)20(26)29-21(13)27/h2-9,16H,1H2/q+1. The van der Waals surface area contributed by atoms with E-state index < -0.39 is 23.9 Å². The molecule has 6 rings (SSSR count). The van der Waals surface area contributed by atoms with Gasteiger partial charge in [-0.25, -0.2) is 19.2 Å². The lowest BCUT2D eigenvalue weighted by molar-refractivity contribution is -0.362. The van der Waals surface area contributed by atoms with Crippen molar-refractivity contribution in [3.63, 3.8) is 0 Å². The van der Waals surface area contributed by atoms with Gasteiger partial charge in [0.1, 0.15) is 17.3 Å². The zero-order chi connectivity index (χ0) is 20.7. The van der Waals surface area contributed by atoms with Gasteiger partial charge in [0, 0.05) is 17.8 Å². The van der Waals surface area contributed by atoms with Crippen molar-refractivity contribution in [2.24, 2.45) is 0 Å². The summed E-state index contributed by atoms with van der Waals surface area (Å²) >= 11 is 0. The van der Waals surface area contributed by atoms with Crippen LogP contribution in [-0.4, -0.2) is 40.2 Å². The Morgan fingerprint density at radius 1 is 0.900 bits per heavy atom. The first kappa shape index (κ1) is 16.6. The van der Waals surface area contributed by atoms with Crippen molar-refractivity contribution in [3.05, 3.63) is 83.3 Å². The van der Waals surface area contributed by atoms with Crippen LogP contribution in [0.15, 0.2) is 72.1 Å². The molecule has 2 bridgehead atoms. The highest BCUT2D eigenvalue weighted by atomic mass is 16.6. The number of nitrogens with zero attached hydrogens (tertiary/aromatic N) is 2. The van der Waals surface area contributed by atoms with E-state index in [0.29, 0.717) is 17.1 Å². The zero-order valence-corrected chi connectivity index (χ0v) is 15.2. The molecule has 8 nitrogen and oxygen atoms in total. The summed E-state index contributed by atoms with van der Waals surface area (Å²) in [5, 5.41) is 0. The third-order valence-corrected chi connectivity index (χ3v) is 5.58. The molecule has 30 heavy (non-hydrogen) atoms. The van der Waals surface area contributed by atoms with Crippen LogP contribution in [0.1, 0.15) is 20.7 Å². The highest BCUT2D eigenvalue weighted by Gasteiger charge is 2.46. The summed E-state index contributed by atoms with van der Waals surface area (Å²) in [5.41, 5.74) is 2.82. The number of fused-ring (bicyclic) bond motifs is 5. The topological polar surface area (TPSA) is 93.0 Å². The molecule has 1 unspecified atom stereocenters. The van der Waals surface area contributed by atoms with E-state index in [9.17, 15) is 19.2 Å². The Morgan fingerprint density at radius 3 is 2.40 bits per heavy atom. The largest absolute Gasteiger partial charge is 0.386 e. The minimum Gasteiger partial charge on any atom is -0.386 e. The lowest BCUT2D eigenvalue weighted by Gasteiger charge is -2.35. The van der Waals surface area contributed by atoms with E-state index in [2.05, 4.69) is 6.58 Å². The Kier molecular flexibility index (Phi) is 2.98. The number of carbonyl (C=O) groups excluding carboxylic acids is 4. The van der Waals surface area contributed by atoms with Crippen molar-refractivity contribution in [1.82, 2.24) is 0 Å². The fraction of sp³-hybridized carbons (Fsp3) is 0.0455. The Bertz CT molecular complexity index is 1340. The molecule has 144 valence electrons. The molecule has 1 saturated heterocycles. The number of hydrogen-bond acceptors (Lipinski definition) is 7. The normalized spacial score (nSPS) is 23.1. The van der Waals surface area contributed by atoms with Crippen molar-refractivity contribution in [1.29, 1.82) is 0 Å². The summed E-state index contributed by atoms with van der Waals surface area (Å²) < 4.78 is 11.3. The van der Waals surface area contributed by atoms with Gasteiger partial charge in [-0.05, 0) is 12.1 Å². The van der Waals surface area contributed by atoms with Gasteiger partial charge in [0.15, 0.2) is 6.20 Å². The third kappa shape index (κ3) is 1.97. The summed E-state index contributed by atoms with van der Waals surface area (Å²) in [4.78, 5) is 50.7. The smallest absolute Gasteiger partial charge is 0.353 e. The molecule has 0 aromatic heterocycles. The van der Waals surface area contributed by atoms with Crippen molar-refractivity contribution in [2.45, 2.75) is 6.04 Å². The number of rotatable bonds is 0. The summed E-state index contributed by atoms with van der Waals surface area (Å²) in [6.07, 6.45) is 10.5. The first-order chi connectivity index (χ1) is 14.4. The summed E-state index contributed by atoms with van der Waals surface area (Å²) in [7, 11) is 0. The van der Waals surface area contributed by atoms with Gasteiger partial charge in [0.2, 0.25) is 11.4 Å². The monoisotopic (exact) mass is 399 g/mol. The maximum Gasteiger partial charge on any atom is 0.353 e. The fourth-order valence-electron chi connectivity index (χ4n) is 4.26. The molecular formula is C22H11N2O6+. The van der Waals surface area contributed by atoms with Gasteiger partial charge in [0.25, 0.3) is 0 Å². The fourth-order valence-corrected chi connectivity index (χ4v) is 4.26. The Hall–Kier alpha value is -4.33. The van der Waals surface area contributed by atoms with Crippen LogP contribution >= 0.6 is 0 Å². The Labute approximate surface area is 169 Å². The molecule has 0 spiro atoms. The van der Waals surface area contributed by atoms with E-state index in [1.807, 2.05) is 29.2 Å². The average Bonchev–Trinajstić information content (AvgIpc) is 3.17. The van der Waals surface area contributed by atoms with E-state index in [4.69, 9.17) is 9.47 Å². The zero-order valence-electron chi connectivity index (χ0n) is 15.2. The van der Waals surface area contributed by atoms with Crippen LogP contribution < -0.4 is 4.90 Å².